The second kappa shape index (κ2) is 8.36. The smallest absolute Gasteiger partial charge is 0.420 e. The fraction of sp³-hybridized carbons (Fsp3) is 0.412. The minimum Gasteiger partial charge on any atom is -0.434 e. The average Bonchev–Trinajstić information content (AvgIpc) is 2.61. The number of hydrogen-bond acceptors (Lipinski definition) is 3. The summed E-state index contributed by atoms with van der Waals surface area (Å²) >= 11 is 0. The van der Waals surface area contributed by atoms with E-state index in [2.05, 4.69) is 16.6 Å². The summed E-state index contributed by atoms with van der Waals surface area (Å²) in [5.41, 5.74) is -1.59. The fourth-order valence-corrected chi connectivity index (χ4v) is 2.76. The lowest BCUT2D eigenvalue weighted by Gasteiger charge is -2.30. The molecule has 10 heteroatoms. The Morgan fingerprint density at radius 3 is 2.41 bits per heavy atom. The van der Waals surface area contributed by atoms with Gasteiger partial charge in [0.1, 0.15) is 5.75 Å². The van der Waals surface area contributed by atoms with Crippen LogP contribution in [0.15, 0.2) is 30.9 Å². The maximum absolute atomic E-state index is 13.0. The van der Waals surface area contributed by atoms with Crippen molar-refractivity contribution in [3.8, 4) is 5.75 Å². The third kappa shape index (κ3) is 5.41. The van der Waals surface area contributed by atoms with Crippen LogP contribution < -0.4 is 10.1 Å². The number of nitrogens with one attached hydrogen (secondary N) is 1. The average molecular weight is 392 g/mol. The van der Waals surface area contributed by atoms with Crippen LogP contribution in [-0.4, -0.2) is 36.4 Å². The lowest BCUT2D eigenvalue weighted by Crippen LogP contribution is -2.40. The molecule has 1 fully saturated rings. The second-order valence-electron chi connectivity index (χ2n) is 5.88. The Balaban J connectivity index is 2.08. The first-order chi connectivity index (χ1) is 12.6. The van der Waals surface area contributed by atoms with Gasteiger partial charge in [0.15, 0.2) is 0 Å². The van der Waals surface area contributed by atoms with Gasteiger partial charge in [0, 0.05) is 24.7 Å². The standard InChI is InChI=1S/C17H17F5N2O3/c1-2-14(25)24-7-5-10(6-8-24)15(26)23-11-3-4-13(27-16(18)19)12(9-11)17(20,21)22/h2-4,9-10,16H,1,5-8H2,(H,23,26). The topological polar surface area (TPSA) is 58.6 Å². The lowest BCUT2D eigenvalue weighted by atomic mass is 9.95. The molecule has 1 aliphatic rings. The highest BCUT2D eigenvalue weighted by atomic mass is 19.4. The molecule has 0 unspecified atom stereocenters. The van der Waals surface area contributed by atoms with Gasteiger partial charge in [0.05, 0.1) is 5.56 Å². The molecule has 1 heterocycles. The number of carbonyl (C=O) groups is 2. The lowest BCUT2D eigenvalue weighted by molar-refractivity contribution is -0.141. The number of anilines is 1. The van der Waals surface area contributed by atoms with Crippen LogP contribution >= 0.6 is 0 Å². The van der Waals surface area contributed by atoms with E-state index >= 15 is 0 Å². The number of benzene rings is 1. The number of likely N-dealkylation sites (tertiary alicyclic amines) is 1. The normalized spacial score (nSPS) is 15.6. The van der Waals surface area contributed by atoms with E-state index in [1.807, 2.05) is 0 Å². The Morgan fingerprint density at radius 2 is 1.89 bits per heavy atom. The maximum atomic E-state index is 13.0. The fourth-order valence-electron chi connectivity index (χ4n) is 2.76. The summed E-state index contributed by atoms with van der Waals surface area (Å²) in [6.07, 6.45) is -3.06. The predicted molar refractivity (Wildman–Crippen MR) is 86.2 cm³/mol. The molecule has 2 rings (SSSR count). The van der Waals surface area contributed by atoms with E-state index in [0.29, 0.717) is 32.0 Å². The zero-order valence-electron chi connectivity index (χ0n) is 14.1. The highest BCUT2D eigenvalue weighted by molar-refractivity contribution is 5.93. The Morgan fingerprint density at radius 1 is 1.26 bits per heavy atom. The zero-order valence-corrected chi connectivity index (χ0v) is 14.1. The van der Waals surface area contributed by atoms with Gasteiger partial charge in [0.25, 0.3) is 0 Å². The molecule has 27 heavy (non-hydrogen) atoms. The van der Waals surface area contributed by atoms with Gasteiger partial charge in [-0.3, -0.25) is 9.59 Å². The van der Waals surface area contributed by atoms with Crippen molar-refractivity contribution in [1.82, 2.24) is 4.90 Å². The molecule has 1 N–H and O–H groups in total. The molecule has 1 saturated heterocycles. The van der Waals surface area contributed by atoms with Crippen LogP contribution in [0, 0.1) is 5.92 Å². The number of nitrogens with zero attached hydrogens (tertiary/aromatic N) is 1. The number of alkyl halides is 5. The van der Waals surface area contributed by atoms with Crippen LogP contribution in [0.5, 0.6) is 5.75 Å². The molecule has 1 aromatic carbocycles. The summed E-state index contributed by atoms with van der Waals surface area (Å²) in [7, 11) is 0. The molecule has 0 aliphatic carbocycles. The molecule has 1 aromatic rings. The van der Waals surface area contributed by atoms with Crippen molar-refractivity contribution in [2.24, 2.45) is 5.92 Å². The second-order valence-corrected chi connectivity index (χ2v) is 5.88. The number of piperidine rings is 1. The van der Waals surface area contributed by atoms with Gasteiger partial charge in [-0.1, -0.05) is 6.58 Å². The first-order valence-corrected chi connectivity index (χ1v) is 8.00. The third-order valence-corrected chi connectivity index (χ3v) is 4.12. The first kappa shape index (κ1) is 20.7. The van der Waals surface area contributed by atoms with Gasteiger partial charge in [0.2, 0.25) is 11.8 Å². The van der Waals surface area contributed by atoms with Crippen molar-refractivity contribution in [2.45, 2.75) is 25.6 Å². The molecular formula is C17H17F5N2O3. The summed E-state index contributed by atoms with van der Waals surface area (Å²) in [6, 6.07) is 2.34. The van der Waals surface area contributed by atoms with E-state index in [-0.39, 0.29) is 11.6 Å². The Labute approximate surface area is 151 Å². The van der Waals surface area contributed by atoms with Gasteiger partial charge >= 0.3 is 12.8 Å². The molecule has 148 valence electrons. The van der Waals surface area contributed by atoms with Crippen LogP contribution in [-0.2, 0) is 15.8 Å². The highest BCUT2D eigenvalue weighted by Crippen LogP contribution is 2.38. The van der Waals surface area contributed by atoms with Crippen molar-refractivity contribution in [3.05, 3.63) is 36.4 Å². The molecule has 0 aromatic heterocycles. The summed E-state index contributed by atoms with van der Waals surface area (Å²) in [5.74, 6) is -2.26. The van der Waals surface area contributed by atoms with Crippen molar-refractivity contribution in [2.75, 3.05) is 18.4 Å². The number of carbonyl (C=O) groups excluding carboxylic acids is 2. The first-order valence-electron chi connectivity index (χ1n) is 8.00. The molecule has 0 atom stereocenters. The van der Waals surface area contributed by atoms with E-state index in [4.69, 9.17) is 0 Å². The van der Waals surface area contributed by atoms with E-state index in [1.165, 1.54) is 11.0 Å². The van der Waals surface area contributed by atoms with E-state index in [1.54, 1.807) is 0 Å². The quantitative estimate of drug-likeness (QED) is 0.615. The minimum atomic E-state index is -4.93. The summed E-state index contributed by atoms with van der Waals surface area (Å²) in [6.45, 7) is 0.634. The van der Waals surface area contributed by atoms with Gasteiger partial charge in [-0.15, -0.1) is 0 Å². The van der Waals surface area contributed by atoms with Crippen molar-refractivity contribution in [1.29, 1.82) is 0 Å². The molecule has 0 saturated carbocycles. The van der Waals surface area contributed by atoms with Gasteiger partial charge < -0.3 is 15.0 Å². The molecule has 2 amide bonds. The van der Waals surface area contributed by atoms with Crippen LogP contribution in [0.4, 0.5) is 27.6 Å². The highest BCUT2D eigenvalue weighted by Gasteiger charge is 2.36. The Kier molecular flexibility index (Phi) is 6.40. The van der Waals surface area contributed by atoms with Gasteiger partial charge in [-0.25, -0.2) is 0 Å². The van der Waals surface area contributed by atoms with Crippen LogP contribution in [0.3, 0.4) is 0 Å². The van der Waals surface area contributed by atoms with Gasteiger partial charge in [-0.2, -0.15) is 22.0 Å². The monoisotopic (exact) mass is 392 g/mol. The Hall–Kier alpha value is -2.65. The minimum absolute atomic E-state index is 0.182. The molecule has 0 spiro atoms. The summed E-state index contributed by atoms with van der Waals surface area (Å²) in [4.78, 5) is 25.3. The molecular weight excluding hydrogens is 375 g/mol. The molecule has 1 aliphatic heterocycles. The van der Waals surface area contributed by atoms with E-state index in [0.717, 1.165) is 12.1 Å². The molecule has 0 radical (unpaired) electrons. The summed E-state index contributed by atoms with van der Waals surface area (Å²) in [5, 5.41) is 2.36. The van der Waals surface area contributed by atoms with E-state index in [9.17, 15) is 31.5 Å². The van der Waals surface area contributed by atoms with Crippen LogP contribution in [0.1, 0.15) is 18.4 Å². The predicted octanol–water partition coefficient (Wildman–Crippen LogP) is 3.67. The number of halogens is 5. The number of amides is 2. The van der Waals surface area contributed by atoms with E-state index < -0.39 is 35.9 Å². The number of ether oxygens (including phenoxy) is 1. The Bertz CT molecular complexity index is 713. The number of hydrogen-bond donors (Lipinski definition) is 1. The molecule has 5 nitrogen and oxygen atoms in total. The van der Waals surface area contributed by atoms with Crippen molar-refractivity contribution >= 4 is 17.5 Å². The molecule has 0 bridgehead atoms. The zero-order chi connectivity index (χ0) is 20.2. The third-order valence-electron chi connectivity index (χ3n) is 4.12. The number of rotatable bonds is 5. The van der Waals surface area contributed by atoms with Gasteiger partial charge in [-0.05, 0) is 37.1 Å². The van der Waals surface area contributed by atoms with Crippen molar-refractivity contribution in [3.63, 3.8) is 0 Å². The largest absolute Gasteiger partial charge is 0.434 e. The maximum Gasteiger partial charge on any atom is 0.420 e. The summed E-state index contributed by atoms with van der Waals surface area (Å²) < 4.78 is 67.5. The van der Waals surface area contributed by atoms with Crippen molar-refractivity contribution < 1.29 is 36.3 Å². The SMILES string of the molecule is C=CC(=O)N1CCC(C(=O)Nc2ccc(OC(F)F)c(C(F)(F)F)c2)CC1. The van der Waals surface area contributed by atoms with Crippen LogP contribution in [0.25, 0.3) is 0 Å². The van der Waals surface area contributed by atoms with Crippen LogP contribution in [0.2, 0.25) is 0 Å².